The second kappa shape index (κ2) is 5.64. The summed E-state index contributed by atoms with van der Waals surface area (Å²) in [6.07, 6.45) is 7.10. The molecule has 2 N–H and O–H groups in total. The molecule has 0 bridgehead atoms. The average molecular weight is 229 g/mol. The molecule has 0 fully saturated rings. The monoisotopic (exact) mass is 229 g/mol. The van der Waals surface area contributed by atoms with E-state index in [9.17, 15) is 0 Å². The smallest absolute Gasteiger partial charge is 0.139 e. The summed E-state index contributed by atoms with van der Waals surface area (Å²) in [5.74, 6) is 1.04. The van der Waals surface area contributed by atoms with E-state index in [0.29, 0.717) is 0 Å². The molecular weight excluding hydrogens is 210 g/mol. The molecule has 1 heterocycles. The number of nitrogens with zero attached hydrogens (tertiary/aromatic N) is 2. The summed E-state index contributed by atoms with van der Waals surface area (Å²) in [6, 6.07) is 8.47. The van der Waals surface area contributed by atoms with Gasteiger partial charge in [-0.1, -0.05) is 24.3 Å². The zero-order valence-electron chi connectivity index (χ0n) is 10.3. The van der Waals surface area contributed by atoms with Crippen molar-refractivity contribution >= 4 is 0 Å². The Bertz CT molecular complexity index is 474. The van der Waals surface area contributed by atoms with Crippen molar-refractivity contribution in [3.8, 4) is 11.4 Å². The van der Waals surface area contributed by atoms with E-state index in [1.54, 1.807) is 0 Å². The van der Waals surface area contributed by atoms with Gasteiger partial charge in [0.25, 0.3) is 0 Å². The van der Waals surface area contributed by atoms with Crippen LogP contribution >= 0.6 is 0 Å². The standard InChI is InChI=1S/C14H19N3/c1-17-11-10-16-14(17)13-8-3-2-6-12(13)7-4-5-9-15/h2-3,6,8,10-11H,4-5,7,9,15H2,1H3. The van der Waals surface area contributed by atoms with E-state index in [-0.39, 0.29) is 0 Å². The average Bonchev–Trinajstić information content (AvgIpc) is 2.76. The predicted molar refractivity (Wildman–Crippen MR) is 70.6 cm³/mol. The lowest BCUT2D eigenvalue weighted by Crippen LogP contribution is -2.00. The first-order chi connectivity index (χ1) is 8.33. The Morgan fingerprint density at radius 3 is 2.76 bits per heavy atom. The molecule has 2 aromatic rings. The molecule has 0 aliphatic rings. The number of hydrogen-bond acceptors (Lipinski definition) is 2. The minimum absolute atomic E-state index is 0.768. The summed E-state index contributed by atoms with van der Waals surface area (Å²) < 4.78 is 2.06. The number of benzene rings is 1. The molecule has 1 aromatic heterocycles. The fourth-order valence-corrected chi connectivity index (χ4v) is 2.04. The van der Waals surface area contributed by atoms with Gasteiger partial charge in [-0.2, -0.15) is 0 Å². The van der Waals surface area contributed by atoms with Crippen molar-refractivity contribution in [1.29, 1.82) is 0 Å². The molecule has 0 unspecified atom stereocenters. The van der Waals surface area contributed by atoms with Gasteiger partial charge in [-0.25, -0.2) is 4.98 Å². The van der Waals surface area contributed by atoms with Crippen molar-refractivity contribution < 1.29 is 0 Å². The summed E-state index contributed by atoms with van der Waals surface area (Å²) in [7, 11) is 2.03. The normalized spacial score (nSPS) is 10.7. The van der Waals surface area contributed by atoms with Gasteiger partial charge in [0.1, 0.15) is 5.82 Å². The Morgan fingerprint density at radius 1 is 1.24 bits per heavy atom. The lowest BCUT2D eigenvalue weighted by Gasteiger charge is -2.09. The first-order valence-electron chi connectivity index (χ1n) is 6.08. The lowest BCUT2D eigenvalue weighted by atomic mass is 10.0. The maximum absolute atomic E-state index is 5.53. The molecule has 0 radical (unpaired) electrons. The number of unbranched alkanes of at least 4 members (excludes halogenated alkanes) is 1. The van der Waals surface area contributed by atoms with Gasteiger partial charge >= 0.3 is 0 Å². The Hall–Kier alpha value is -1.61. The molecule has 90 valence electrons. The van der Waals surface area contributed by atoms with Crippen LogP contribution in [0, 0.1) is 0 Å². The van der Waals surface area contributed by atoms with Crippen LogP contribution in [0.4, 0.5) is 0 Å². The van der Waals surface area contributed by atoms with Gasteiger partial charge in [0, 0.05) is 25.0 Å². The van der Waals surface area contributed by atoms with Gasteiger partial charge < -0.3 is 10.3 Å². The van der Waals surface area contributed by atoms with Crippen LogP contribution in [0.2, 0.25) is 0 Å². The van der Waals surface area contributed by atoms with Crippen molar-refractivity contribution in [3.63, 3.8) is 0 Å². The molecule has 0 saturated heterocycles. The third kappa shape index (κ3) is 2.74. The van der Waals surface area contributed by atoms with Crippen molar-refractivity contribution in [1.82, 2.24) is 9.55 Å². The molecule has 1 aromatic carbocycles. The summed E-state index contributed by atoms with van der Waals surface area (Å²) >= 11 is 0. The number of aryl methyl sites for hydroxylation is 2. The summed E-state index contributed by atoms with van der Waals surface area (Å²) in [5, 5.41) is 0. The Labute approximate surface area is 102 Å². The van der Waals surface area contributed by atoms with Crippen LogP contribution in [0.25, 0.3) is 11.4 Å². The largest absolute Gasteiger partial charge is 0.334 e. The van der Waals surface area contributed by atoms with E-state index in [1.807, 2.05) is 19.4 Å². The van der Waals surface area contributed by atoms with Crippen molar-refractivity contribution in [2.45, 2.75) is 19.3 Å². The fraction of sp³-hybridized carbons (Fsp3) is 0.357. The molecule has 0 amide bonds. The van der Waals surface area contributed by atoms with Crippen LogP contribution in [0.1, 0.15) is 18.4 Å². The van der Waals surface area contributed by atoms with E-state index in [0.717, 1.165) is 31.6 Å². The van der Waals surface area contributed by atoms with Crippen molar-refractivity contribution in [3.05, 3.63) is 42.2 Å². The van der Waals surface area contributed by atoms with Gasteiger partial charge in [0.15, 0.2) is 0 Å². The molecule has 0 spiro atoms. The molecule has 17 heavy (non-hydrogen) atoms. The third-order valence-electron chi connectivity index (χ3n) is 2.98. The number of aromatic nitrogens is 2. The highest BCUT2D eigenvalue weighted by Gasteiger charge is 2.07. The first-order valence-corrected chi connectivity index (χ1v) is 6.08. The molecule has 0 aliphatic carbocycles. The fourth-order valence-electron chi connectivity index (χ4n) is 2.04. The minimum atomic E-state index is 0.768. The topological polar surface area (TPSA) is 43.8 Å². The third-order valence-corrected chi connectivity index (χ3v) is 2.98. The van der Waals surface area contributed by atoms with Gasteiger partial charge in [-0.3, -0.25) is 0 Å². The van der Waals surface area contributed by atoms with Crippen LogP contribution in [0.15, 0.2) is 36.7 Å². The Kier molecular flexibility index (Phi) is 3.94. The number of imidazole rings is 1. The van der Waals surface area contributed by atoms with Crippen molar-refractivity contribution in [2.75, 3.05) is 6.54 Å². The van der Waals surface area contributed by atoms with E-state index >= 15 is 0 Å². The zero-order chi connectivity index (χ0) is 12.1. The molecule has 2 rings (SSSR count). The minimum Gasteiger partial charge on any atom is -0.334 e. The molecule has 0 saturated carbocycles. The lowest BCUT2D eigenvalue weighted by molar-refractivity contribution is 0.744. The second-order valence-corrected chi connectivity index (χ2v) is 4.26. The van der Waals surface area contributed by atoms with Crippen LogP contribution in [0.5, 0.6) is 0 Å². The Balaban J connectivity index is 2.25. The quantitative estimate of drug-likeness (QED) is 0.800. The van der Waals surface area contributed by atoms with Gasteiger partial charge in [0.2, 0.25) is 0 Å². The molecule has 0 atom stereocenters. The molecular formula is C14H19N3. The maximum atomic E-state index is 5.53. The number of hydrogen-bond donors (Lipinski definition) is 1. The van der Waals surface area contributed by atoms with Gasteiger partial charge in [0.05, 0.1) is 0 Å². The summed E-state index contributed by atoms with van der Waals surface area (Å²) in [4.78, 5) is 4.41. The summed E-state index contributed by atoms with van der Waals surface area (Å²) in [6.45, 7) is 0.768. The van der Waals surface area contributed by atoms with Crippen molar-refractivity contribution in [2.24, 2.45) is 12.8 Å². The zero-order valence-corrected chi connectivity index (χ0v) is 10.3. The second-order valence-electron chi connectivity index (χ2n) is 4.26. The highest BCUT2D eigenvalue weighted by Crippen LogP contribution is 2.22. The molecule has 3 heteroatoms. The summed E-state index contributed by atoms with van der Waals surface area (Å²) in [5.41, 5.74) is 8.12. The SMILES string of the molecule is Cn1ccnc1-c1ccccc1CCCCN. The van der Waals surface area contributed by atoms with Gasteiger partial charge in [-0.05, 0) is 31.4 Å². The van der Waals surface area contributed by atoms with Crippen LogP contribution in [0.3, 0.4) is 0 Å². The maximum Gasteiger partial charge on any atom is 0.139 e. The highest BCUT2D eigenvalue weighted by molar-refractivity contribution is 5.60. The van der Waals surface area contributed by atoms with E-state index in [1.165, 1.54) is 11.1 Å². The van der Waals surface area contributed by atoms with Crippen LogP contribution in [-0.2, 0) is 13.5 Å². The van der Waals surface area contributed by atoms with E-state index in [4.69, 9.17) is 5.73 Å². The predicted octanol–water partition coefficient (Wildman–Crippen LogP) is 2.37. The van der Waals surface area contributed by atoms with E-state index < -0.39 is 0 Å². The van der Waals surface area contributed by atoms with E-state index in [2.05, 4.69) is 33.8 Å². The number of rotatable bonds is 5. The van der Waals surface area contributed by atoms with Gasteiger partial charge in [-0.15, -0.1) is 0 Å². The highest BCUT2D eigenvalue weighted by atomic mass is 15.0. The van der Waals surface area contributed by atoms with Crippen LogP contribution in [-0.4, -0.2) is 16.1 Å². The molecule has 0 aliphatic heterocycles. The Morgan fingerprint density at radius 2 is 2.06 bits per heavy atom. The van der Waals surface area contributed by atoms with Crippen LogP contribution < -0.4 is 5.73 Å². The number of nitrogens with two attached hydrogens (primary N) is 1. The first kappa shape index (κ1) is 11.9. The molecule has 3 nitrogen and oxygen atoms in total.